The number of anilines is 2. The number of carbonyl (C=O) groups is 1. The molecule has 3 atom stereocenters. The average Bonchev–Trinajstić information content (AvgIpc) is 2.78. The van der Waals surface area contributed by atoms with E-state index in [4.69, 9.17) is 9.47 Å². The normalized spacial score (nSPS) is 26.8. The monoisotopic (exact) mass is 435 g/mol. The van der Waals surface area contributed by atoms with Gasteiger partial charge in [-0.25, -0.2) is 0 Å². The molecule has 4 nitrogen and oxygen atoms in total. The van der Waals surface area contributed by atoms with Crippen molar-refractivity contribution < 1.29 is 14.3 Å². The summed E-state index contributed by atoms with van der Waals surface area (Å²) in [6.45, 7) is 9.01. The van der Waals surface area contributed by atoms with Gasteiger partial charge in [0, 0.05) is 11.4 Å². The Balaban J connectivity index is 1.80. The Kier molecular flexibility index (Phi) is 6.00. The summed E-state index contributed by atoms with van der Waals surface area (Å²) in [5.41, 5.74) is 6.03. The van der Waals surface area contributed by atoms with Crippen molar-refractivity contribution >= 4 is 17.3 Å². The molecule has 2 aliphatic rings. The molecule has 4 heteroatoms. The number of esters is 1. The van der Waals surface area contributed by atoms with Crippen molar-refractivity contribution in [2.75, 3.05) is 19.5 Å². The zero-order valence-corrected chi connectivity index (χ0v) is 20.4. The molecular formula is C28H37NO3. The molecule has 0 unspecified atom stereocenters. The van der Waals surface area contributed by atoms with Crippen LogP contribution in [0.2, 0.25) is 0 Å². The Bertz CT molecular complexity index is 996. The quantitative estimate of drug-likeness (QED) is 0.528. The van der Waals surface area contributed by atoms with Gasteiger partial charge in [0.1, 0.15) is 5.75 Å². The standard InChI is InChI=1S/C28H37NO3/c1-18(2)21-12-14-23-22(25(21)29-19-8-10-20(31-5)11-9-19)13-15-24-27(23,3)16-7-17-28(24,4)26(30)32-6/h8-12,14,18,24,29H,7,13,15-17H2,1-6H3/t24-,27-,28-/m1/s1. The minimum absolute atomic E-state index is 0.0272. The molecule has 2 aromatic rings. The van der Waals surface area contributed by atoms with Gasteiger partial charge in [0.15, 0.2) is 0 Å². The van der Waals surface area contributed by atoms with Crippen LogP contribution in [0.1, 0.15) is 76.0 Å². The number of hydrogen-bond acceptors (Lipinski definition) is 4. The van der Waals surface area contributed by atoms with Crippen LogP contribution in [0.3, 0.4) is 0 Å². The number of fused-ring (bicyclic) bond motifs is 3. The highest BCUT2D eigenvalue weighted by atomic mass is 16.5. The maximum absolute atomic E-state index is 12.9. The highest BCUT2D eigenvalue weighted by molar-refractivity contribution is 5.78. The Hall–Kier alpha value is -2.49. The Morgan fingerprint density at radius 1 is 1.06 bits per heavy atom. The van der Waals surface area contributed by atoms with Crippen LogP contribution >= 0.6 is 0 Å². The molecule has 0 heterocycles. The van der Waals surface area contributed by atoms with Crippen LogP contribution in [0.4, 0.5) is 11.4 Å². The largest absolute Gasteiger partial charge is 0.497 e. The van der Waals surface area contributed by atoms with E-state index in [-0.39, 0.29) is 11.4 Å². The number of hydrogen-bond donors (Lipinski definition) is 1. The first-order chi connectivity index (χ1) is 15.2. The van der Waals surface area contributed by atoms with Crippen LogP contribution in [0, 0.1) is 11.3 Å². The molecule has 4 rings (SSSR count). The fraction of sp³-hybridized carbons (Fsp3) is 0.536. The van der Waals surface area contributed by atoms with Crippen molar-refractivity contribution in [3.63, 3.8) is 0 Å². The first-order valence-electron chi connectivity index (χ1n) is 11.9. The number of rotatable bonds is 5. The maximum atomic E-state index is 12.9. The van der Waals surface area contributed by atoms with E-state index in [1.807, 2.05) is 12.1 Å². The summed E-state index contributed by atoms with van der Waals surface area (Å²) in [6, 6.07) is 12.8. The van der Waals surface area contributed by atoms with E-state index >= 15 is 0 Å². The molecule has 0 saturated heterocycles. The summed E-state index contributed by atoms with van der Waals surface area (Å²) < 4.78 is 10.6. The van der Waals surface area contributed by atoms with Crippen LogP contribution in [0.25, 0.3) is 0 Å². The van der Waals surface area contributed by atoms with Crippen molar-refractivity contribution in [3.05, 3.63) is 53.1 Å². The fourth-order valence-electron chi connectivity index (χ4n) is 6.51. The van der Waals surface area contributed by atoms with Gasteiger partial charge in [-0.3, -0.25) is 4.79 Å². The lowest BCUT2D eigenvalue weighted by atomic mass is 9.49. The van der Waals surface area contributed by atoms with Gasteiger partial charge >= 0.3 is 5.97 Å². The second-order valence-electron chi connectivity index (χ2n) is 10.3. The molecule has 0 spiro atoms. The Morgan fingerprint density at radius 2 is 1.78 bits per heavy atom. The lowest BCUT2D eigenvalue weighted by Gasteiger charge is -2.54. The van der Waals surface area contributed by atoms with E-state index in [9.17, 15) is 4.79 Å². The molecular weight excluding hydrogens is 398 g/mol. The number of nitrogens with one attached hydrogen (secondary N) is 1. The maximum Gasteiger partial charge on any atom is 0.311 e. The van der Waals surface area contributed by atoms with E-state index < -0.39 is 5.41 Å². The van der Waals surface area contributed by atoms with Crippen LogP contribution in [0.15, 0.2) is 36.4 Å². The average molecular weight is 436 g/mol. The zero-order valence-electron chi connectivity index (χ0n) is 20.4. The fourth-order valence-corrected chi connectivity index (χ4v) is 6.51. The summed E-state index contributed by atoms with van der Waals surface area (Å²) in [5.74, 6) is 1.52. The second-order valence-corrected chi connectivity index (χ2v) is 10.3. The van der Waals surface area contributed by atoms with E-state index in [2.05, 4.69) is 57.3 Å². The second kappa shape index (κ2) is 8.46. The molecule has 1 N–H and O–H groups in total. The van der Waals surface area contributed by atoms with Crippen LogP contribution in [-0.4, -0.2) is 20.2 Å². The van der Waals surface area contributed by atoms with Crippen LogP contribution < -0.4 is 10.1 Å². The van der Waals surface area contributed by atoms with E-state index in [1.165, 1.54) is 29.5 Å². The van der Waals surface area contributed by atoms with Crippen molar-refractivity contribution in [1.82, 2.24) is 0 Å². The Labute approximate surface area is 192 Å². The highest BCUT2D eigenvalue weighted by Crippen LogP contribution is 2.58. The topological polar surface area (TPSA) is 47.6 Å². The predicted molar refractivity (Wildman–Crippen MR) is 130 cm³/mol. The van der Waals surface area contributed by atoms with Gasteiger partial charge in [0.2, 0.25) is 0 Å². The molecule has 0 aromatic heterocycles. The van der Waals surface area contributed by atoms with Gasteiger partial charge in [-0.05, 0) is 90.8 Å². The number of ether oxygens (including phenoxy) is 2. The number of benzene rings is 2. The molecule has 0 bridgehead atoms. The number of methoxy groups -OCH3 is 2. The third-order valence-corrected chi connectivity index (χ3v) is 8.21. The molecule has 2 aliphatic carbocycles. The van der Waals surface area contributed by atoms with Gasteiger partial charge in [-0.2, -0.15) is 0 Å². The lowest BCUT2D eigenvalue weighted by Crippen LogP contribution is -2.52. The van der Waals surface area contributed by atoms with Gasteiger partial charge in [-0.1, -0.05) is 39.3 Å². The Morgan fingerprint density at radius 3 is 2.41 bits per heavy atom. The summed E-state index contributed by atoms with van der Waals surface area (Å²) in [6.07, 6.45) is 5.05. The molecule has 0 aliphatic heterocycles. The van der Waals surface area contributed by atoms with E-state index in [1.54, 1.807) is 7.11 Å². The predicted octanol–water partition coefficient (Wildman–Crippen LogP) is 6.75. The van der Waals surface area contributed by atoms with Crippen LogP contribution in [-0.2, 0) is 21.4 Å². The van der Waals surface area contributed by atoms with Crippen molar-refractivity contribution in [1.29, 1.82) is 0 Å². The van der Waals surface area contributed by atoms with Crippen molar-refractivity contribution in [2.24, 2.45) is 11.3 Å². The van der Waals surface area contributed by atoms with Crippen molar-refractivity contribution in [3.8, 4) is 5.75 Å². The third-order valence-electron chi connectivity index (χ3n) is 8.21. The van der Waals surface area contributed by atoms with Crippen molar-refractivity contribution in [2.45, 2.75) is 71.1 Å². The molecule has 1 fully saturated rings. The molecule has 32 heavy (non-hydrogen) atoms. The lowest BCUT2D eigenvalue weighted by molar-refractivity contribution is -0.161. The molecule has 2 aromatic carbocycles. The third kappa shape index (κ3) is 3.58. The minimum atomic E-state index is -0.417. The first kappa shape index (κ1) is 22.7. The smallest absolute Gasteiger partial charge is 0.311 e. The molecule has 0 amide bonds. The van der Waals surface area contributed by atoms with Gasteiger partial charge in [0.05, 0.1) is 19.6 Å². The SMILES string of the molecule is COC(=O)[C@]1(C)CCC[C@]2(C)c3ccc(C(C)C)c(Nc4ccc(OC)cc4)c3CC[C@@H]12. The number of carbonyl (C=O) groups excluding carboxylic acids is 1. The highest BCUT2D eigenvalue weighted by Gasteiger charge is 2.56. The molecule has 172 valence electrons. The first-order valence-corrected chi connectivity index (χ1v) is 11.9. The van der Waals surface area contributed by atoms with Gasteiger partial charge in [0.25, 0.3) is 0 Å². The summed E-state index contributed by atoms with van der Waals surface area (Å²) >= 11 is 0. The zero-order chi connectivity index (χ0) is 23.1. The van der Waals surface area contributed by atoms with E-state index in [0.717, 1.165) is 43.5 Å². The van der Waals surface area contributed by atoms with Gasteiger partial charge in [-0.15, -0.1) is 0 Å². The summed E-state index contributed by atoms with van der Waals surface area (Å²) in [5, 5.41) is 3.75. The minimum Gasteiger partial charge on any atom is -0.497 e. The summed E-state index contributed by atoms with van der Waals surface area (Å²) in [4.78, 5) is 12.9. The van der Waals surface area contributed by atoms with E-state index in [0.29, 0.717) is 11.8 Å². The molecule has 1 saturated carbocycles. The molecule has 0 radical (unpaired) electrons. The van der Waals surface area contributed by atoms with Gasteiger partial charge < -0.3 is 14.8 Å². The van der Waals surface area contributed by atoms with Crippen LogP contribution in [0.5, 0.6) is 5.75 Å². The summed E-state index contributed by atoms with van der Waals surface area (Å²) in [7, 11) is 3.22.